The third-order valence-corrected chi connectivity index (χ3v) is 3.31. The number of carbonyl (C=O) groups is 1. The maximum Gasteiger partial charge on any atom is 0.224 e. The van der Waals surface area contributed by atoms with Crippen molar-refractivity contribution >= 4 is 5.91 Å². The van der Waals surface area contributed by atoms with E-state index in [0.29, 0.717) is 6.54 Å². The molecule has 1 heterocycles. The van der Waals surface area contributed by atoms with Crippen molar-refractivity contribution in [1.29, 1.82) is 0 Å². The number of aliphatic hydroxyl groups is 1. The minimum atomic E-state index is 0.0360. The molecule has 0 bridgehead atoms. The maximum atomic E-state index is 11.9. The van der Waals surface area contributed by atoms with Gasteiger partial charge < -0.3 is 15.7 Å². The van der Waals surface area contributed by atoms with Crippen molar-refractivity contribution in [3.8, 4) is 0 Å². The summed E-state index contributed by atoms with van der Waals surface area (Å²) in [6, 6.07) is 7.64. The van der Waals surface area contributed by atoms with Gasteiger partial charge in [0.25, 0.3) is 0 Å². The van der Waals surface area contributed by atoms with Gasteiger partial charge in [0.1, 0.15) is 0 Å². The van der Waals surface area contributed by atoms with Gasteiger partial charge in [0.2, 0.25) is 5.91 Å². The first kappa shape index (κ1) is 13.1. The van der Waals surface area contributed by atoms with Crippen LogP contribution in [0.4, 0.5) is 0 Å². The highest BCUT2D eigenvalue weighted by molar-refractivity contribution is 5.78. The highest BCUT2D eigenvalue weighted by atomic mass is 16.3. The molecule has 1 unspecified atom stereocenters. The van der Waals surface area contributed by atoms with Crippen molar-refractivity contribution in [2.45, 2.75) is 26.0 Å². The van der Waals surface area contributed by atoms with Gasteiger partial charge in [0.15, 0.2) is 0 Å². The summed E-state index contributed by atoms with van der Waals surface area (Å²) in [5.74, 6) is 0.219. The van der Waals surface area contributed by atoms with Crippen molar-refractivity contribution < 1.29 is 9.90 Å². The van der Waals surface area contributed by atoms with E-state index >= 15 is 0 Å². The van der Waals surface area contributed by atoms with Gasteiger partial charge in [-0.25, -0.2) is 0 Å². The van der Waals surface area contributed by atoms with Crippen LogP contribution in [0.3, 0.4) is 0 Å². The Hall–Kier alpha value is -1.39. The summed E-state index contributed by atoms with van der Waals surface area (Å²) >= 11 is 0. The molecule has 18 heavy (non-hydrogen) atoms. The largest absolute Gasteiger partial charge is 0.392 e. The van der Waals surface area contributed by atoms with Crippen LogP contribution in [0.25, 0.3) is 0 Å². The number of rotatable bonds is 4. The smallest absolute Gasteiger partial charge is 0.224 e. The first-order valence-corrected chi connectivity index (χ1v) is 6.46. The van der Waals surface area contributed by atoms with Crippen molar-refractivity contribution in [3.63, 3.8) is 0 Å². The predicted molar refractivity (Wildman–Crippen MR) is 69.8 cm³/mol. The van der Waals surface area contributed by atoms with Crippen LogP contribution < -0.4 is 10.6 Å². The van der Waals surface area contributed by atoms with Crippen molar-refractivity contribution in [2.24, 2.45) is 5.92 Å². The van der Waals surface area contributed by atoms with Crippen LogP contribution in [0.15, 0.2) is 24.3 Å². The minimum absolute atomic E-state index is 0.0360. The summed E-state index contributed by atoms with van der Waals surface area (Å²) < 4.78 is 0. The van der Waals surface area contributed by atoms with Gasteiger partial charge in [-0.15, -0.1) is 0 Å². The molecule has 1 aliphatic heterocycles. The summed E-state index contributed by atoms with van der Waals surface area (Å²) in [6.07, 6.45) is 2.04. The van der Waals surface area contributed by atoms with Gasteiger partial charge in [-0.05, 0) is 30.5 Å². The van der Waals surface area contributed by atoms with Crippen LogP contribution in [0.5, 0.6) is 0 Å². The van der Waals surface area contributed by atoms with Crippen LogP contribution in [0.1, 0.15) is 24.0 Å². The van der Waals surface area contributed by atoms with Gasteiger partial charge in [-0.3, -0.25) is 4.79 Å². The van der Waals surface area contributed by atoms with E-state index in [9.17, 15) is 4.79 Å². The lowest BCUT2D eigenvalue weighted by molar-refractivity contribution is -0.125. The molecule has 1 aromatic rings. The van der Waals surface area contributed by atoms with Gasteiger partial charge in [0.05, 0.1) is 12.5 Å². The third-order valence-electron chi connectivity index (χ3n) is 3.31. The summed E-state index contributed by atoms with van der Waals surface area (Å²) in [4.78, 5) is 11.9. The molecular formula is C14H20N2O2. The van der Waals surface area contributed by atoms with Gasteiger partial charge in [-0.1, -0.05) is 24.3 Å². The molecule has 0 aromatic heterocycles. The van der Waals surface area contributed by atoms with E-state index in [2.05, 4.69) is 10.6 Å². The molecule has 1 saturated heterocycles. The van der Waals surface area contributed by atoms with E-state index in [-0.39, 0.29) is 18.4 Å². The quantitative estimate of drug-likeness (QED) is 0.738. The SMILES string of the molecule is O=C(NCc1cccc(CO)c1)C1CCCNC1. The number of piperidine rings is 1. The van der Waals surface area contributed by atoms with E-state index in [1.807, 2.05) is 24.3 Å². The number of amides is 1. The Morgan fingerprint density at radius 3 is 3.00 bits per heavy atom. The molecule has 0 saturated carbocycles. The molecule has 0 aliphatic carbocycles. The second-order valence-corrected chi connectivity index (χ2v) is 4.74. The fourth-order valence-corrected chi connectivity index (χ4v) is 2.25. The first-order valence-electron chi connectivity index (χ1n) is 6.46. The zero-order valence-corrected chi connectivity index (χ0v) is 10.5. The van der Waals surface area contributed by atoms with E-state index in [0.717, 1.165) is 37.1 Å². The number of benzene rings is 1. The number of hydrogen-bond acceptors (Lipinski definition) is 3. The second kappa shape index (κ2) is 6.52. The molecule has 1 aliphatic rings. The Morgan fingerprint density at radius 2 is 2.28 bits per heavy atom. The van der Waals surface area contributed by atoms with Crippen LogP contribution >= 0.6 is 0 Å². The van der Waals surface area contributed by atoms with E-state index in [1.165, 1.54) is 0 Å². The molecule has 1 amide bonds. The first-order chi connectivity index (χ1) is 8.79. The summed E-state index contributed by atoms with van der Waals surface area (Å²) in [5, 5.41) is 15.2. The topological polar surface area (TPSA) is 61.4 Å². The van der Waals surface area contributed by atoms with Crippen LogP contribution in [0, 0.1) is 5.92 Å². The van der Waals surface area contributed by atoms with E-state index in [1.54, 1.807) is 0 Å². The number of nitrogens with one attached hydrogen (secondary N) is 2. The number of carbonyl (C=O) groups excluding carboxylic acids is 1. The van der Waals surface area contributed by atoms with Crippen molar-refractivity contribution in [3.05, 3.63) is 35.4 Å². The van der Waals surface area contributed by atoms with Crippen LogP contribution in [-0.4, -0.2) is 24.1 Å². The lowest BCUT2D eigenvalue weighted by Gasteiger charge is -2.21. The lowest BCUT2D eigenvalue weighted by atomic mass is 9.99. The average Bonchev–Trinajstić information content (AvgIpc) is 2.46. The Balaban J connectivity index is 1.84. The molecule has 3 N–H and O–H groups in total. The van der Waals surface area contributed by atoms with Gasteiger partial charge >= 0.3 is 0 Å². The molecule has 1 fully saturated rings. The Kier molecular flexibility index (Phi) is 4.73. The molecule has 2 rings (SSSR count). The van der Waals surface area contributed by atoms with Gasteiger partial charge in [0, 0.05) is 13.1 Å². The summed E-state index contributed by atoms with van der Waals surface area (Å²) in [7, 11) is 0. The zero-order chi connectivity index (χ0) is 12.8. The summed E-state index contributed by atoms with van der Waals surface area (Å²) in [6.45, 7) is 2.36. The second-order valence-electron chi connectivity index (χ2n) is 4.74. The maximum absolute atomic E-state index is 11.9. The monoisotopic (exact) mass is 248 g/mol. The standard InChI is InChI=1S/C14H20N2O2/c17-10-12-4-1-3-11(7-12)8-16-14(18)13-5-2-6-15-9-13/h1,3-4,7,13,15,17H,2,5-6,8-10H2,(H,16,18). The molecule has 1 atom stereocenters. The highest BCUT2D eigenvalue weighted by Crippen LogP contribution is 2.10. The highest BCUT2D eigenvalue weighted by Gasteiger charge is 2.20. The fourth-order valence-electron chi connectivity index (χ4n) is 2.25. The average molecular weight is 248 g/mol. The molecule has 4 heteroatoms. The Bertz CT molecular complexity index is 401. The number of hydrogen-bond donors (Lipinski definition) is 3. The third kappa shape index (κ3) is 3.55. The molecule has 4 nitrogen and oxygen atoms in total. The van der Waals surface area contributed by atoms with Crippen molar-refractivity contribution in [2.75, 3.05) is 13.1 Å². The summed E-state index contributed by atoms with van der Waals surface area (Å²) in [5.41, 5.74) is 1.90. The Morgan fingerprint density at radius 1 is 1.44 bits per heavy atom. The molecule has 0 radical (unpaired) electrons. The van der Waals surface area contributed by atoms with E-state index in [4.69, 9.17) is 5.11 Å². The van der Waals surface area contributed by atoms with Crippen LogP contribution in [0.2, 0.25) is 0 Å². The normalized spacial score (nSPS) is 19.5. The minimum Gasteiger partial charge on any atom is -0.392 e. The van der Waals surface area contributed by atoms with E-state index < -0.39 is 0 Å². The molecule has 1 aromatic carbocycles. The lowest BCUT2D eigenvalue weighted by Crippen LogP contribution is -2.40. The van der Waals surface area contributed by atoms with Crippen molar-refractivity contribution in [1.82, 2.24) is 10.6 Å². The molecule has 98 valence electrons. The molecular weight excluding hydrogens is 228 g/mol. The Labute approximate surface area is 107 Å². The van der Waals surface area contributed by atoms with Gasteiger partial charge in [-0.2, -0.15) is 0 Å². The molecule has 0 spiro atoms. The predicted octanol–water partition coefficient (Wildman–Crippen LogP) is 0.795. The number of aliphatic hydroxyl groups excluding tert-OH is 1. The fraction of sp³-hybridized carbons (Fsp3) is 0.500. The van der Waals surface area contributed by atoms with Crippen LogP contribution in [-0.2, 0) is 17.9 Å². The zero-order valence-electron chi connectivity index (χ0n) is 10.5.